The molecule has 2 N–H and O–H groups in total. The molecule has 0 aromatic rings. The zero-order valence-corrected chi connectivity index (χ0v) is 15.3. The van der Waals surface area contributed by atoms with Crippen molar-refractivity contribution in [1.82, 2.24) is 0 Å². The predicted molar refractivity (Wildman–Crippen MR) is 93.3 cm³/mol. The van der Waals surface area contributed by atoms with Gasteiger partial charge < -0.3 is 10.2 Å². The van der Waals surface area contributed by atoms with E-state index < -0.39 is 5.60 Å². The molecule has 0 unspecified atom stereocenters. The van der Waals surface area contributed by atoms with Gasteiger partial charge in [-0.3, -0.25) is 4.79 Å². The molecule has 4 rings (SSSR count). The number of fused-ring (bicyclic) bond motifs is 5. The fourth-order valence-corrected chi connectivity index (χ4v) is 7.24. The molecule has 0 amide bonds. The largest absolute Gasteiger partial charge is 0.393 e. The summed E-state index contributed by atoms with van der Waals surface area (Å²) >= 11 is 0. The van der Waals surface area contributed by atoms with Crippen molar-refractivity contribution >= 4 is 5.78 Å². The predicted octanol–water partition coefficient (Wildman–Crippen LogP) is 3.63. The summed E-state index contributed by atoms with van der Waals surface area (Å²) in [5.74, 6) is 1.65. The molecule has 0 aliphatic heterocycles. The lowest BCUT2D eigenvalue weighted by molar-refractivity contribution is -0.159. The third kappa shape index (κ3) is 1.94. The Bertz CT molecular complexity index is 596. The summed E-state index contributed by atoms with van der Waals surface area (Å²) in [6, 6.07) is 0. The molecule has 4 aliphatic rings. The lowest BCUT2D eigenvalue weighted by Gasteiger charge is -2.58. The molecular weight excluding hydrogens is 300 g/mol. The molecule has 3 heteroatoms. The van der Waals surface area contributed by atoms with Crippen LogP contribution in [-0.4, -0.2) is 27.7 Å². The minimum Gasteiger partial charge on any atom is -0.393 e. The van der Waals surface area contributed by atoms with Crippen LogP contribution in [0.3, 0.4) is 0 Å². The summed E-state index contributed by atoms with van der Waals surface area (Å²) in [5, 5.41) is 21.2. The van der Waals surface area contributed by atoms with Gasteiger partial charge in [-0.1, -0.05) is 25.5 Å². The molecule has 3 saturated carbocycles. The molecule has 3 fully saturated rings. The highest BCUT2D eigenvalue weighted by molar-refractivity contribution is 5.86. The van der Waals surface area contributed by atoms with E-state index in [1.54, 1.807) is 6.92 Å². The van der Waals surface area contributed by atoms with Crippen molar-refractivity contribution in [1.29, 1.82) is 0 Å². The number of allylic oxidation sites excluding steroid dienone is 1. The standard InChI is InChI=1S/C21H32O3/c1-13(22)21(24)11-8-18-16-5-4-14-12-15(23)6-9-19(14,2)17(16)7-10-20(18,21)3/h4,15-18,23-24H,5-12H2,1-3H3/t15-,16-,17+,18+,19+,20+,21+/m1/s1. The lowest BCUT2D eigenvalue weighted by atomic mass is 9.47. The van der Waals surface area contributed by atoms with Gasteiger partial charge in [0.2, 0.25) is 0 Å². The molecular formula is C21H32O3. The maximum absolute atomic E-state index is 12.2. The van der Waals surface area contributed by atoms with Crippen LogP contribution in [0.5, 0.6) is 0 Å². The van der Waals surface area contributed by atoms with Crippen molar-refractivity contribution in [2.75, 3.05) is 0 Å². The molecule has 0 bridgehead atoms. The Kier molecular flexibility index (Phi) is 3.61. The molecule has 0 heterocycles. The number of carbonyl (C=O) groups excluding carboxylic acids is 1. The fourth-order valence-electron chi connectivity index (χ4n) is 7.24. The van der Waals surface area contributed by atoms with Gasteiger partial charge in [0.1, 0.15) is 5.60 Å². The SMILES string of the molecule is CC(=O)[C@@]1(O)CC[C@H]2[C@@H]3CC=C4C[C@H](O)CC[C@]4(C)[C@H]3CC[C@@]21C. The van der Waals surface area contributed by atoms with Crippen LogP contribution in [0.15, 0.2) is 11.6 Å². The van der Waals surface area contributed by atoms with Crippen molar-refractivity contribution < 1.29 is 15.0 Å². The second kappa shape index (κ2) is 5.17. The third-order valence-corrected chi connectivity index (χ3v) is 8.81. The highest BCUT2D eigenvalue weighted by Gasteiger charge is 2.65. The Morgan fingerprint density at radius 3 is 2.54 bits per heavy atom. The van der Waals surface area contributed by atoms with Crippen LogP contribution in [0.4, 0.5) is 0 Å². The molecule has 0 spiro atoms. The monoisotopic (exact) mass is 332 g/mol. The van der Waals surface area contributed by atoms with Crippen LogP contribution >= 0.6 is 0 Å². The van der Waals surface area contributed by atoms with Gasteiger partial charge in [-0.15, -0.1) is 0 Å². The fraction of sp³-hybridized carbons (Fsp3) is 0.857. The van der Waals surface area contributed by atoms with Gasteiger partial charge in [0.25, 0.3) is 0 Å². The van der Waals surface area contributed by atoms with Crippen LogP contribution < -0.4 is 0 Å². The quantitative estimate of drug-likeness (QED) is 0.721. The van der Waals surface area contributed by atoms with E-state index in [-0.39, 0.29) is 22.7 Å². The van der Waals surface area contributed by atoms with E-state index in [0.29, 0.717) is 24.2 Å². The van der Waals surface area contributed by atoms with E-state index in [2.05, 4.69) is 19.9 Å². The van der Waals surface area contributed by atoms with Gasteiger partial charge in [0.05, 0.1) is 6.10 Å². The van der Waals surface area contributed by atoms with Crippen LogP contribution in [-0.2, 0) is 4.79 Å². The van der Waals surface area contributed by atoms with E-state index in [0.717, 1.165) is 44.9 Å². The van der Waals surface area contributed by atoms with E-state index in [9.17, 15) is 15.0 Å². The maximum Gasteiger partial charge on any atom is 0.161 e. The highest BCUT2D eigenvalue weighted by Crippen LogP contribution is 2.67. The third-order valence-electron chi connectivity index (χ3n) is 8.81. The van der Waals surface area contributed by atoms with Gasteiger partial charge in [-0.05, 0) is 81.5 Å². The number of hydrogen-bond donors (Lipinski definition) is 2. The Morgan fingerprint density at radius 1 is 1.12 bits per heavy atom. The normalized spacial score (nSPS) is 53.6. The van der Waals surface area contributed by atoms with Gasteiger partial charge in [0, 0.05) is 5.41 Å². The van der Waals surface area contributed by atoms with E-state index >= 15 is 0 Å². The average Bonchev–Trinajstić information content (AvgIpc) is 2.81. The van der Waals surface area contributed by atoms with Gasteiger partial charge in [-0.25, -0.2) is 0 Å². The van der Waals surface area contributed by atoms with Crippen molar-refractivity contribution in [2.45, 2.75) is 83.8 Å². The van der Waals surface area contributed by atoms with Crippen LogP contribution in [0.25, 0.3) is 0 Å². The number of aliphatic hydroxyl groups is 2. The Morgan fingerprint density at radius 2 is 1.83 bits per heavy atom. The second-order valence-corrected chi connectivity index (χ2v) is 9.57. The number of rotatable bonds is 1. The zero-order valence-electron chi connectivity index (χ0n) is 15.3. The second-order valence-electron chi connectivity index (χ2n) is 9.57. The zero-order chi connectivity index (χ0) is 17.3. The number of hydrogen-bond acceptors (Lipinski definition) is 3. The summed E-state index contributed by atoms with van der Waals surface area (Å²) in [7, 11) is 0. The number of aliphatic hydroxyl groups excluding tert-OH is 1. The average molecular weight is 332 g/mol. The highest BCUT2D eigenvalue weighted by atomic mass is 16.3. The van der Waals surface area contributed by atoms with Gasteiger partial charge >= 0.3 is 0 Å². The first-order valence-electron chi connectivity index (χ1n) is 9.83. The summed E-state index contributed by atoms with van der Waals surface area (Å²) < 4.78 is 0. The first-order chi connectivity index (χ1) is 11.2. The molecule has 24 heavy (non-hydrogen) atoms. The van der Waals surface area contributed by atoms with Crippen molar-refractivity contribution in [2.24, 2.45) is 28.6 Å². The lowest BCUT2D eigenvalue weighted by Crippen LogP contribution is -2.56. The van der Waals surface area contributed by atoms with Crippen LogP contribution in [0, 0.1) is 28.6 Å². The smallest absolute Gasteiger partial charge is 0.161 e. The van der Waals surface area contributed by atoms with Crippen LogP contribution in [0.2, 0.25) is 0 Å². The maximum atomic E-state index is 12.2. The molecule has 4 aliphatic carbocycles. The van der Waals surface area contributed by atoms with Crippen molar-refractivity contribution in [3.8, 4) is 0 Å². The van der Waals surface area contributed by atoms with Gasteiger partial charge in [-0.2, -0.15) is 0 Å². The summed E-state index contributed by atoms with van der Waals surface area (Å²) in [6.07, 6.45) is 9.84. The Balaban J connectivity index is 1.69. The molecule has 7 atom stereocenters. The van der Waals surface area contributed by atoms with Crippen LogP contribution in [0.1, 0.15) is 72.1 Å². The molecule has 134 valence electrons. The minimum absolute atomic E-state index is 0.0370. The summed E-state index contributed by atoms with van der Waals surface area (Å²) in [6.45, 7) is 6.16. The first kappa shape index (κ1) is 16.8. The molecule has 0 aromatic carbocycles. The van der Waals surface area contributed by atoms with E-state index in [1.807, 2.05) is 0 Å². The van der Waals surface area contributed by atoms with Crippen molar-refractivity contribution in [3.63, 3.8) is 0 Å². The topological polar surface area (TPSA) is 57.5 Å². The minimum atomic E-state index is -1.11. The van der Waals surface area contributed by atoms with Crippen molar-refractivity contribution in [3.05, 3.63) is 11.6 Å². The van der Waals surface area contributed by atoms with E-state index in [4.69, 9.17) is 0 Å². The molecule has 3 nitrogen and oxygen atoms in total. The molecule has 0 saturated heterocycles. The Hall–Kier alpha value is -0.670. The molecule has 0 radical (unpaired) electrons. The number of carbonyl (C=O) groups is 1. The number of ketones is 1. The summed E-state index contributed by atoms with van der Waals surface area (Å²) in [4.78, 5) is 12.2. The summed E-state index contributed by atoms with van der Waals surface area (Å²) in [5.41, 5.74) is 0.331. The first-order valence-corrected chi connectivity index (χ1v) is 9.83. The Labute approximate surface area is 145 Å². The molecule has 0 aromatic heterocycles. The number of Topliss-reactive ketones (excluding diaryl/α,β-unsaturated/α-hetero) is 1. The van der Waals surface area contributed by atoms with Gasteiger partial charge in [0.15, 0.2) is 5.78 Å². The van der Waals surface area contributed by atoms with E-state index in [1.165, 1.54) is 5.57 Å².